The Morgan fingerprint density at radius 1 is 1.07 bits per heavy atom. The normalized spacial score (nSPS) is 23.9. The fraction of sp³-hybridized carbons (Fsp3) is 0.381. The highest BCUT2D eigenvalue weighted by atomic mass is 16.5. The molecule has 3 N–H and O–H groups in total. The molecule has 2 saturated heterocycles. The van der Waals surface area contributed by atoms with Crippen LogP contribution in [0.25, 0.3) is 10.8 Å². The molecule has 5 amide bonds. The molecule has 0 radical (unpaired) electrons. The molecule has 2 aliphatic heterocycles. The Hall–Kier alpha value is -3.29. The van der Waals surface area contributed by atoms with Crippen LogP contribution in [0.15, 0.2) is 36.4 Å². The van der Waals surface area contributed by atoms with E-state index in [9.17, 15) is 14.4 Å². The Labute approximate surface area is 168 Å². The lowest BCUT2D eigenvalue weighted by Crippen LogP contribution is -2.72. The first-order valence-corrected chi connectivity index (χ1v) is 9.79. The van der Waals surface area contributed by atoms with E-state index in [1.807, 2.05) is 43.3 Å². The van der Waals surface area contributed by atoms with Crippen molar-refractivity contribution in [2.45, 2.75) is 32.0 Å². The number of carbonyl (C=O) groups excluding carboxylic acids is 3. The number of nitrogens with zero attached hydrogens (tertiary/aromatic N) is 1. The third-order valence-corrected chi connectivity index (χ3v) is 5.61. The average molecular weight is 396 g/mol. The summed E-state index contributed by atoms with van der Waals surface area (Å²) in [6.07, 6.45) is 0.948. The van der Waals surface area contributed by atoms with Crippen molar-refractivity contribution in [2.24, 2.45) is 5.92 Å². The maximum atomic E-state index is 12.9. The van der Waals surface area contributed by atoms with Gasteiger partial charge < -0.3 is 20.3 Å². The van der Waals surface area contributed by atoms with Crippen LogP contribution >= 0.6 is 0 Å². The van der Waals surface area contributed by atoms with Crippen molar-refractivity contribution in [2.75, 3.05) is 13.7 Å². The number of imide groups is 1. The van der Waals surface area contributed by atoms with Gasteiger partial charge in [0.2, 0.25) is 5.91 Å². The first kappa shape index (κ1) is 19.0. The largest absolute Gasteiger partial charge is 0.496 e. The number of hydrogen-bond acceptors (Lipinski definition) is 4. The first-order chi connectivity index (χ1) is 14.0. The van der Waals surface area contributed by atoms with Crippen molar-refractivity contribution in [3.05, 3.63) is 42.0 Å². The summed E-state index contributed by atoms with van der Waals surface area (Å²) < 4.78 is 5.59. The number of hydrogen-bond donors (Lipinski definition) is 3. The average Bonchev–Trinajstić information content (AvgIpc) is 2.71. The van der Waals surface area contributed by atoms with Gasteiger partial charge in [0.1, 0.15) is 17.8 Å². The van der Waals surface area contributed by atoms with Gasteiger partial charge in [-0.15, -0.1) is 0 Å². The zero-order valence-corrected chi connectivity index (χ0v) is 16.4. The maximum Gasteiger partial charge on any atom is 0.325 e. The fourth-order valence-electron chi connectivity index (χ4n) is 4.23. The summed E-state index contributed by atoms with van der Waals surface area (Å²) in [5.41, 5.74) is 0.732. The van der Waals surface area contributed by atoms with E-state index < -0.39 is 36.1 Å². The summed E-state index contributed by atoms with van der Waals surface area (Å²) in [5, 5.41) is 9.99. The first-order valence-electron chi connectivity index (χ1n) is 9.79. The summed E-state index contributed by atoms with van der Waals surface area (Å²) in [4.78, 5) is 39.4. The van der Waals surface area contributed by atoms with E-state index in [1.54, 1.807) is 12.0 Å². The Kier molecular flexibility index (Phi) is 5.00. The zero-order chi connectivity index (χ0) is 20.5. The van der Waals surface area contributed by atoms with Crippen LogP contribution in [-0.4, -0.2) is 42.7 Å². The molecule has 3 atom stereocenters. The summed E-state index contributed by atoms with van der Waals surface area (Å²) in [6, 6.07) is 9.98. The van der Waals surface area contributed by atoms with E-state index in [0.717, 1.165) is 29.2 Å². The van der Waals surface area contributed by atoms with Gasteiger partial charge >= 0.3 is 12.1 Å². The van der Waals surface area contributed by atoms with E-state index in [4.69, 9.17) is 4.74 Å². The van der Waals surface area contributed by atoms with E-state index in [1.165, 1.54) is 0 Å². The number of urea groups is 2. The second-order valence-electron chi connectivity index (χ2n) is 7.31. The van der Waals surface area contributed by atoms with E-state index >= 15 is 0 Å². The van der Waals surface area contributed by atoms with Crippen LogP contribution in [-0.2, 0) is 4.79 Å². The van der Waals surface area contributed by atoms with Gasteiger partial charge in [-0.25, -0.2) is 9.59 Å². The van der Waals surface area contributed by atoms with Gasteiger partial charge in [0.05, 0.1) is 13.2 Å². The highest BCUT2D eigenvalue weighted by Gasteiger charge is 2.50. The molecule has 0 aliphatic carbocycles. The van der Waals surface area contributed by atoms with Crippen molar-refractivity contribution < 1.29 is 19.1 Å². The molecule has 2 aromatic carbocycles. The van der Waals surface area contributed by atoms with Crippen LogP contribution in [0.4, 0.5) is 9.59 Å². The number of ether oxygens (including phenoxy) is 1. The molecule has 0 aromatic heterocycles. The third-order valence-electron chi connectivity index (χ3n) is 5.61. The van der Waals surface area contributed by atoms with E-state index in [-0.39, 0.29) is 0 Å². The molecular formula is C21H24N4O4. The predicted molar refractivity (Wildman–Crippen MR) is 107 cm³/mol. The van der Waals surface area contributed by atoms with Gasteiger partial charge in [-0.1, -0.05) is 43.7 Å². The summed E-state index contributed by atoms with van der Waals surface area (Å²) >= 11 is 0. The van der Waals surface area contributed by atoms with Crippen molar-refractivity contribution >= 4 is 28.7 Å². The van der Waals surface area contributed by atoms with Crippen molar-refractivity contribution in [1.29, 1.82) is 0 Å². The molecule has 0 bridgehead atoms. The molecule has 2 heterocycles. The second kappa shape index (κ2) is 7.62. The predicted octanol–water partition coefficient (Wildman–Crippen LogP) is 2.50. The van der Waals surface area contributed by atoms with Crippen LogP contribution in [0, 0.1) is 5.92 Å². The van der Waals surface area contributed by atoms with Crippen molar-refractivity contribution in [3.8, 4) is 5.75 Å². The Balaban J connectivity index is 1.84. The lowest BCUT2D eigenvalue weighted by molar-refractivity contribution is -0.130. The van der Waals surface area contributed by atoms with Gasteiger partial charge in [-0.3, -0.25) is 10.1 Å². The number of fused-ring (bicyclic) bond motifs is 2. The monoisotopic (exact) mass is 396 g/mol. The molecular weight excluding hydrogens is 372 g/mol. The minimum absolute atomic E-state index is 0.416. The molecule has 8 nitrogen and oxygen atoms in total. The maximum absolute atomic E-state index is 12.9. The molecule has 29 heavy (non-hydrogen) atoms. The topological polar surface area (TPSA) is 99.8 Å². The van der Waals surface area contributed by atoms with Crippen LogP contribution in [0.3, 0.4) is 0 Å². The molecule has 4 rings (SSSR count). The lowest BCUT2D eigenvalue weighted by atomic mass is 9.83. The van der Waals surface area contributed by atoms with Crippen LogP contribution in [0.5, 0.6) is 5.75 Å². The summed E-state index contributed by atoms with van der Waals surface area (Å²) in [5.74, 6) is -0.526. The summed E-state index contributed by atoms with van der Waals surface area (Å²) in [6.45, 7) is 2.48. The molecule has 0 spiro atoms. The van der Waals surface area contributed by atoms with Crippen LogP contribution in [0.2, 0.25) is 0 Å². The number of carbonyl (C=O) groups is 3. The minimum atomic E-state index is -0.717. The Bertz CT molecular complexity index is 976. The minimum Gasteiger partial charge on any atom is -0.496 e. The summed E-state index contributed by atoms with van der Waals surface area (Å²) in [7, 11) is 1.56. The zero-order valence-electron chi connectivity index (χ0n) is 16.4. The number of rotatable bonds is 5. The molecule has 2 aromatic rings. The SMILES string of the molecule is CCCCN1C(=O)NC(=O)C2C(c3c(OC)ccc4ccccc34)NC(=O)NC21. The van der Waals surface area contributed by atoms with Crippen molar-refractivity contribution in [1.82, 2.24) is 20.9 Å². The second-order valence-corrected chi connectivity index (χ2v) is 7.31. The number of nitrogens with one attached hydrogen (secondary N) is 3. The highest BCUT2D eigenvalue weighted by molar-refractivity contribution is 6.01. The van der Waals surface area contributed by atoms with Gasteiger partial charge in [0, 0.05) is 12.1 Å². The molecule has 2 fully saturated rings. The number of methoxy groups -OCH3 is 1. The quantitative estimate of drug-likeness (QED) is 0.723. The smallest absolute Gasteiger partial charge is 0.325 e. The van der Waals surface area contributed by atoms with Gasteiger partial charge in [0.15, 0.2) is 0 Å². The van der Waals surface area contributed by atoms with E-state index in [0.29, 0.717) is 12.3 Å². The Morgan fingerprint density at radius 3 is 2.62 bits per heavy atom. The van der Waals surface area contributed by atoms with Gasteiger partial charge in [-0.05, 0) is 23.3 Å². The van der Waals surface area contributed by atoms with Gasteiger partial charge in [0.25, 0.3) is 0 Å². The number of amides is 5. The Morgan fingerprint density at radius 2 is 1.86 bits per heavy atom. The molecule has 152 valence electrons. The molecule has 2 aliphatic rings. The van der Waals surface area contributed by atoms with Crippen LogP contribution in [0.1, 0.15) is 31.4 Å². The third kappa shape index (κ3) is 3.24. The molecule has 8 heteroatoms. The fourth-order valence-corrected chi connectivity index (χ4v) is 4.23. The van der Waals surface area contributed by atoms with E-state index in [2.05, 4.69) is 16.0 Å². The molecule has 0 saturated carbocycles. The molecule has 3 unspecified atom stereocenters. The highest BCUT2D eigenvalue weighted by Crippen LogP contribution is 2.40. The van der Waals surface area contributed by atoms with Crippen LogP contribution < -0.4 is 20.7 Å². The number of benzene rings is 2. The van der Waals surface area contributed by atoms with Gasteiger partial charge in [-0.2, -0.15) is 0 Å². The van der Waals surface area contributed by atoms with Crippen molar-refractivity contribution in [3.63, 3.8) is 0 Å². The number of unbranched alkanes of at least 4 members (excludes halogenated alkanes) is 1. The lowest BCUT2D eigenvalue weighted by Gasteiger charge is -2.46. The standard InChI is InChI=1S/C21H24N4O4/c1-3-4-11-25-18-16(19(26)24-21(25)28)17(22-20(27)23-18)15-13-8-6-5-7-12(13)9-10-14(15)29-2/h5-10,16-18H,3-4,11H2,1-2H3,(H2,22,23,27)(H,24,26,28).